The lowest BCUT2D eigenvalue weighted by atomic mass is 9.93. The molecule has 0 bridgehead atoms. The van der Waals surface area contributed by atoms with E-state index in [1.807, 2.05) is 48.5 Å². The SMILES string of the molecule is COC(=O)c1ccccc1OCc1cccc(-c2cc(C(C)(C)S(C)(=O)=O)cc3cccnc23)c1. The van der Waals surface area contributed by atoms with Crippen LogP contribution in [-0.2, 0) is 25.9 Å². The molecule has 0 radical (unpaired) electrons. The van der Waals surface area contributed by atoms with Gasteiger partial charge in [0.25, 0.3) is 0 Å². The molecule has 0 fully saturated rings. The highest BCUT2D eigenvalue weighted by Crippen LogP contribution is 2.36. The van der Waals surface area contributed by atoms with E-state index >= 15 is 0 Å². The number of nitrogens with zero attached hydrogens (tertiary/aromatic N) is 1. The first kappa shape index (κ1) is 24.4. The molecule has 0 aliphatic rings. The zero-order valence-electron chi connectivity index (χ0n) is 20.1. The Hall–Kier alpha value is -3.71. The van der Waals surface area contributed by atoms with Gasteiger partial charge in [0, 0.05) is 23.4 Å². The van der Waals surface area contributed by atoms with Gasteiger partial charge in [0.05, 0.1) is 17.4 Å². The normalized spacial score (nSPS) is 11.9. The van der Waals surface area contributed by atoms with Crippen molar-refractivity contribution >= 4 is 26.7 Å². The number of aromatic nitrogens is 1. The van der Waals surface area contributed by atoms with Gasteiger partial charge in [0.1, 0.15) is 17.9 Å². The van der Waals surface area contributed by atoms with E-state index in [2.05, 4.69) is 4.98 Å². The van der Waals surface area contributed by atoms with E-state index in [0.717, 1.165) is 27.6 Å². The van der Waals surface area contributed by atoms with E-state index < -0.39 is 20.6 Å². The highest BCUT2D eigenvalue weighted by atomic mass is 32.2. The summed E-state index contributed by atoms with van der Waals surface area (Å²) < 4.78 is 34.8. The number of ether oxygens (including phenoxy) is 2. The standard InChI is InChI=1S/C28H27NO5S/c1-28(2,35(4,31)32)22-16-21-11-8-14-29-26(21)24(17-22)20-10-7-9-19(15-20)18-34-25-13-6-5-12-23(25)27(30)33-3/h5-17H,18H2,1-4H3. The number of pyridine rings is 1. The van der Waals surface area contributed by atoms with Crippen LogP contribution in [0.3, 0.4) is 0 Å². The van der Waals surface area contributed by atoms with Crippen LogP contribution in [0.2, 0.25) is 0 Å². The van der Waals surface area contributed by atoms with Gasteiger partial charge in [-0.15, -0.1) is 0 Å². The van der Waals surface area contributed by atoms with Gasteiger partial charge in [0.15, 0.2) is 9.84 Å². The molecule has 0 amide bonds. The second-order valence-electron chi connectivity index (χ2n) is 8.86. The fraction of sp³-hybridized carbons (Fsp3) is 0.214. The molecule has 4 rings (SSSR count). The summed E-state index contributed by atoms with van der Waals surface area (Å²) in [7, 11) is -2.03. The largest absolute Gasteiger partial charge is 0.488 e. The monoisotopic (exact) mass is 489 g/mol. The molecule has 35 heavy (non-hydrogen) atoms. The summed E-state index contributed by atoms with van der Waals surface area (Å²) in [5, 5.41) is 0.866. The van der Waals surface area contributed by atoms with Crippen LogP contribution in [0, 0.1) is 0 Å². The van der Waals surface area contributed by atoms with E-state index in [0.29, 0.717) is 16.9 Å². The quantitative estimate of drug-likeness (QED) is 0.317. The highest BCUT2D eigenvalue weighted by molar-refractivity contribution is 7.91. The maximum absolute atomic E-state index is 12.5. The Balaban J connectivity index is 1.74. The van der Waals surface area contributed by atoms with Crippen LogP contribution >= 0.6 is 0 Å². The van der Waals surface area contributed by atoms with Crippen molar-refractivity contribution < 1.29 is 22.7 Å². The average molecular weight is 490 g/mol. The number of fused-ring (bicyclic) bond motifs is 1. The topological polar surface area (TPSA) is 82.6 Å². The number of rotatable bonds is 7. The summed E-state index contributed by atoms with van der Waals surface area (Å²) in [4.78, 5) is 16.6. The molecule has 7 heteroatoms. The minimum atomic E-state index is -3.36. The van der Waals surface area contributed by atoms with E-state index in [1.165, 1.54) is 13.4 Å². The van der Waals surface area contributed by atoms with E-state index in [-0.39, 0.29) is 6.61 Å². The number of carbonyl (C=O) groups is 1. The van der Waals surface area contributed by atoms with Gasteiger partial charge in [-0.1, -0.05) is 36.4 Å². The molecule has 6 nitrogen and oxygen atoms in total. The third-order valence-electron chi connectivity index (χ3n) is 6.25. The molecule has 0 saturated heterocycles. The van der Waals surface area contributed by atoms with Crippen LogP contribution in [0.4, 0.5) is 0 Å². The first-order chi connectivity index (χ1) is 16.6. The summed E-state index contributed by atoms with van der Waals surface area (Å²) in [6.07, 6.45) is 2.98. The number of benzene rings is 3. The molecule has 4 aromatic rings. The summed E-state index contributed by atoms with van der Waals surface area (Å²) in [6, 6.07) is 22.3. The van der Waals surface area contributed by atoms with Gasteiger partial charge in [-0.05, 0) is 66.9 Å². The number of hydrogen-bond acceptors (Lipinski definition) is 6. The Bertz CT molecular complexity index is 1510. The Labute approximate surface area is 205 Å². The summed E-state index contributed by atoms with van der Waals surface area (Å²) in [5.41, 5.74) is 4.46. The van der Waals surface area contributed by atoms with Crippen molar-refractivity contribution in [3.8, 4) is 16.9 Å². The molecule has 1 aromatic heterocycles. The van der Waals surface area contributed by atoms with Crippen molar-refractivity contribution in [1.29, 1.82) is 0 Å². The Morgan fingerprint density at radius 1 is 0.971 bits per heavy atom. The van der Waals surface area contributed by atoms with Gasteiger partial charge in [-0.25, -0.2) is 13.2 Å². The molecule has 1 heterocycles. The number of carbonyl (C=O) groups excluding carboxylic acids is 1. The van der Waals surface area contributed by atoms with Gasteiger partial charge >= 0.3 is 5.97 Å². The summed E-state index contributed by atoms with van der Waals surface area (Å²) in [5.74, 6) is -0.0223. The van der Waals surface area contributed by atoms with Crippen LogP contribution in [0.15, 0.2) is 79.0 Å². The lowest BCUT2D eigenvalue weighted by Crippen LogP contribution is -2.28. The van der Waals surface area contributed by atoms with Crippen LogP contribution in [0.25, 0.3) is 22.0 Å². The molecule has 0 aliphatic heterocycles. The molecule has 0 N–H and O–H groups in total. The minimum absolute atomic E-state index is 0.238. The van der Waals surface area contributed by atoms with Gasteiger partial charge in [-0.3, -0.25) is 4.98 Å². The third-order valence-corrected chi connectivity index (χ3v) is 8.34. The molecule has 3 aromatic carbocycles. The second kappa shape index (κ2) is 9.50. The lowest BCUT2D eigenvalue weighted by Gasteiger charge is -2.24. The number of para-hydroxylation sites is 1. The minimum Gasteiger partial charge on any atom is -0.488 e. The number of methoxy groups -OCH3 is 1. The maximum atomic E-state index is 12.5. The molecule has 0 saturated carbocycles. The lowest BCUT2D eigenvalue weighted by molar-refractivity contribution is 0.0595. The summed E-state index contributed by atoms with van der Waals surface area (Å²) in [6.45, 7) is 3.67. The fourth-order valence-corrected chi connectivity index (χ4v) is 4.38. The van der Waals surface area contributed by atoms with E-state index in [4.69, 9.17) is 9.47 Å². The molecule has 0 spiro atoms. The number of sulfone groups is 1. The zero-order valence-corrected chi connectivity index (χ0v) is 20.9. The van der Waals surface area contributed by atoms with Crippen LogP contribution in [-0.4, -0.2) is 32.7 Å². The summed E-state index contributed by atoms with van der Waals surface area (Å²) >= 11 is 0. The Morgan fingerprint density at radius 3 is 2.49 bits per heavy atom. The molecule has 0 atom stereocenters. The molecular formula is C28H27NO5S. The predicted octanol–water partition coefficient (Wildman–Crippen LogP) is 5.55. The highest BCUT2D eigenvalue weighted by Gasteiger charge is 2.33. The van der Waals surface area contributed by atoms with Gasteiger partial charge in [-0.2, -0.15) is 0 Å². The molecule has 180 valence electrons. The van der Waals surface area contributed by atoms with Gasteiger partial charge < -0.3 is 9.47 Å². The molecular weight excluding hydrogens is 462 g/mol. The van der Waals surface area contributed by atoms with Crippen molar-refractivity contribution in [2.75, 3.05) is 13.4 Å². The average Bonchev–Trinajstić information content (AvgIpc) is 2.86. The third kappa shape index (κ3) is 4.91. The number of esters is 1. The number of hydrogen-bond donors (Lipinski definition) is 0. The molecule has 0 aliphatic carbocycles. The van der Waals surface area contributed by atoms with Crippen LogP contribution < -0.4 is 4.74 Å². The second-order valence-corrected chi connectivity index (χ2v) is 11.4. The van der Waals surface area contributed by atoms with E-state index in [1.54, 1.807) is 44.3 Å². The Kier molecular flexibility index (Phi) is 6.63. The van der Waals surface area contributed by atoms with Crippen LogP contribution in [0.1, 0.15) is 35.3 Å². The first-order valence-electron chi connectivity index (χ1n) is 11.1. The van der Waals surface area contributed by atoms with Crippen molar-refractivity contribution in [2.45, 2.75) is 25.2 Å². The maximum Gasteiger partial charge on any atom is 0.341 e. The van der Waals surface area contributed by atoms with Crippen molar-refractivity contribution in [2.24, 2.45) is 0 Å². The predicted molar refractivity (Wildman–Crippen MR) is 137 cm³/mol. The zero-order chi connectivity index (χ0) is 25.2. The first-order valence-corrected chi connectivity index (χ1v) is 13.0. The molecule has 0 unspecified atom stereocenters. The van der Waals surface area contributed by atoms with E-state index in [9.17, 15) is 13.2 Å². The van der Waals surface area contributed by atoms with Crippen molar-refractivity contribution in [3.63, 3.8) is 0 Å². The smallest absolute Gasteiger partial charge is 0.341 e. The van der Waals surface area contributed by atoms with Crippen LogP contribution in [0.5, 0.6) is 5.75 Å². The Morgan fingerprint density at radius 2 is 1.74 bits per heavy atom. The fourth-order valence-electron chi connectivity index (χ4n) is 3.83. The van der Waals surface area contributed by atoms with Crippen molar-refractivity contribution in [3.05, 3.63) is 95.7 Å². The van der Waals surface area contributed by atoms with Gasteiger partial charge in [0.2, 0.25) is 0 Å². The van der Waals surface area contributed by atoms with Crippen molar-refractivity contribution in [1.82, 2.24) is 4.98 Å².